The quantitative estimate of drug-likeness (QED) is 0.412. The first kappa shape index (κ1) is 24.6. The maximum absolute atomic E-state index is 13.4. The fraction of sp³-hybridized carbons (Fsp3) is 0.538. The summed E-state index contributed by atoms with van der Waals surface area (Å²) in [6.45, 7) is 2.07. The largest absolute Gasteiger partial charge is 0.352 e. The molecule has 1 aromatic carbocycles. The van der Waals surface area contributed by atoms with Crippen LogP contribution in [0.1, 0.15) is 57.4 Å². The highest BCUT2D eigenvalue weighted by Crippen LogP contribution is 2.35. The fourth-order valence-electron chi connectivity index (χ4n) is 5.25. The van der Waals surface area contributed by atoms with Crippen LogP contribution in [0, 0.1) is 11.8 Å². The summed E-state index contributed by atoms with van der Waals surface area (Å²) in [7, 11) is 0. The van der Waals surface area contributed by atoms with Gasteiger partial charge in [0.15, 0.2) is 0 Å². The number of fused-ring (bicyclic) bond motifs is 1. The number of amides is 4. The lowest BCUT2D eigenvalue weighted by Gasteiger charge is -2.30. The van der Waals surface area contributed by atoms with E-state index in [0.717, 1.165) is 35.7 Å². The Hall–Kier alpha value is -2.48. The van der Waals surface area contributed by atoms with Gasteiger partial charge < -0.3 is 10.2 Å². The maximum Gasteiger partial charge on any atom is 0.242 e. The molecular formula is C26H32BrN3O4. The van der Waals surface area contributed by atoms with Crippen LogP contribution in [0.5, 0.6) is 0 Å². The van der Waals surface area contributed by atoms with Gasteiger partial charge in [0.2, 0.25) is 23.6 Å². The van der Waals surface area contributed by atoms with Gasteiger partial charge in [-0.15, -0.1) is 0 Å². The number of nitrogens with one attached hydrogen (secondary N) is 1. The first-order valence-corrected chi connectivity index (χ1v) is 13.0. The van der Waals surface area contributed by atoms with E-state index >= 15 is 0 Å². The van der Waals surface area contributed by atoms with Crippen molar-refractivity contribution in [2.75, 3.05) is 6.54 Å². The number of rotatable bonds is 8. The minimum Gasteiger partial charge on any atom is -0.352 e. The van der Waals surface area contributed by atoms with Crippen molar-refractivity contribution in [3.63, 3.8) is 0 Å². The molecule has 2 fully saturated rings. The Balaban J connectivity index is 1.45. The normalized spacial score (nSPS) is 23.2. The molecular weight excluding hydrogens is 498 g/mol. The third-order valence-electron chi connectivity index (χ3n) is 7.26. The monoisotopic (exact) mass is 529 g/mol. The number of likely N-dealkylation sites (tertiary alicyclic amines) is 1. The minimum atomic E-state index is -0.663. The van der Waals surface area contributed by atoms with Gasteiger partial charge in [-0.1, -0.05) is 53.1 Å². The second-order valence-electron chi connectivity index (χ2n) is 9.55. The van der Waals surface area contributed by atoms with E-state index in [1.165, 1.54) is 4.90 Å². The van der Waals surface area contributed by atoms with Gasteiger partial charge in [0, 0.05) is 30.0 Å². The number of carbonyl (C=O) groups is 4. The molecule has 1 N–H and O–H groups in total. The van der Waals surface area contributed by atoms with Crippen LogP contribution in [0.3, 0.4) is 0 Å². The highest BCUT2D eigenvalue weighted by Gasteiger charge is 2.47. The van der Waals surface area contributed by atoms with Gasteiger partial charge in [0.05, 0.1) is 11.8 Å². The Kier molecular flexibility index (Phi) is 7.86. The molecule has 1 aliphatic heterocycles. The molecule has 0 radical (unpaired) electrons. The van der Waals surface area contributed by atoms with Crippen LogP contribution in [-0.2, 0) is 25.7 Å². The summed E-state index contributed by atoms with van der Waals surface area (Å²) in [6.07, 6.45) is 9.20. The molecule has 1 heterocycles. The van der Waals surface area contributed by atoms with Gasteiger partial charge in [0.1, 0.15) is 6.04 Å². The van der Waals surface area contributed by atoms with E-state index in [0.29, 0.717) is 12.8 Å². The molecule has 34 heavy (non-hydrogen) atoms. The standard InChI is InChI=1S/C26H32BrN3O4/c1-17(24(32)28-20-9-2-3-10-20)30(16-18-7-6-8-19(27)15-18)23(31)13-14-29-25(33)21-11-4-5-12-22(21)26(29)34/h4-8,15,17,20-22H,2-3,9-14,16H2,1H3,(H,28,32)/t17?,21-,22+. The average molecular weight is 530 g/mol. The minimum absolute atomic E-state index is 0.000595. The zero-order valence-electron chi connectivity index (χ0n) is 19.5. The number of halogens is 1. The first-order chi connectivity index (χ1) is 16.3. The SMILES string of the molecule is CC(C(=O)NC1CCCC1)N(Cc1cccc(Br)c1)C(=O)CCN1C(=O)[C@H]2CC=CC[C@H]2C1=O. The fourth-order valence-corrected chi connectivity index (χ4v) is 5.69. The predicted molar refractivity (Wildman–Crippen MR) is 131 cm³/mol. The molecule has 7 nitrogen and oxygen atoms in total. The molecule has 1 aromatic rings. The third-order valence-corrected chi connectivity index (χ3v) is 7.75. The van der Waals surface area contributed by atoms with Crippen molar-refractivity contribution in [3.8, 4) is 0 Å². The van der Waals surface area contributed by atoms with E-state index in [9.17, 15) is 19.2 Å². The Morgan fingerprint density at radius 2 is 1.76 bits per heavy atom. The van der Waals surface area contributed by atoms with Gasteiger partial charge in [-0.25, -0.2) is 0 Å². The number of benzene rings is 1. The van der Waals surface area contributed by atoms with Crippen molar-refractivity contribution < 1.29 is 19.2 Å². The summed E-state index contributed by atoms with van der Waals surface area (Å²) in [5.74, 6) is -1.39. The number of hydrogen-bond acceptors (Lipinski definition) is 4. The molecule has 3 aliphatic rings. The number of allylic oxidation sites excluding steroid dienone is 2. The summed E-state index contributed by atoms with van der Waals surface area (Å²) in [5, 5.41) is 3.09. The number of imide groups is 1. The summed E-state index contributed by atoms with van der Waals surface area (Å²) < 4.78 is 0.893. The van der Waals surface area contributed by atoms with Crippen LogP contribution in [0.2, 0.25) is 0 Å². The lowest BCUT2D eigenvalue weighted by Crippen LogP contribution is -2.50. The number of hydrogen-bond donors (Lipinski definition) is 1. The molecule has 1 unspecified atom stereocenters. The average Bonchev–Trinajstić information content (AvgIpc) is 3.42. The lowest BCUT2D eigenvalue weighted by atomic mass is 9.85. The number of carbonyl (C=O) groups excluding carboxylic acids is 4. The van der Waals surface area contributed by atoms with Crippen LogP contribution in [0.4, 0.5) is 0 Å². The van der Waals surface area contributed by atoms with E-state index in [1.807, 2.05) is 36.4 Å². The lowest BCUT2D eigenvalue weighted by molar-refractivity contribution is -0.144. The van der Waals surface area contributed by atoms with Crippen LogP contribution < -0.4 is 5.32 Å². The van der Waals surface area contributed by atoms with Gasteiger partial charge in [-0.3, -0.25) is 24.1 Å². The Labute approximate surface area is 209 Å². The molecule has 0 spiro atoms. The first-order valence-electron chi connectivity index (χ1n) is 12.2. The second-order valence-corrected chi connectivity index (χ2v) is 10.5. The van der Waals surface area contributed by atoms with E-state index in [-0.39, 0.29) is 61.0 Å². The Morgan fingerprint density at radius 3 is 2.38 bits per heavy atom. The summed E-state index contributed by atoms with van der Waals surface area (Å²) in [4.78, 5) is 54.7. The van der Waals surface area contributed by atoms with Gasteiger partial charge in [0.25, 0.3) is 0 Å². The van der Waals surface area contributed by atoms with Crippen LogP contribution in [-0.4, -0.2) is 52.1 Å². The highest BCUT2D eigenvalue weighted by atomic mass is 79.9. The molecule has 1 saturated heterocycles. The molecule has 0 aromatic heterocycles. The molecule has 4 amide bonds. The molecule has 0 bridgehead atoms. The second kappa shape index (κ2) is 10.8. The zero-order valence-corrected chi connectivity index (χ0v) is 21.1. The van der Waals surface area contributed by atoms with Crippen molar-refractivity contribution in [2.45, 2.75) is 70.5 Å². The predicted octanol–water partition coefficient (Wildman–Crippen LogP) is 3.57. The van der Waals surface area contributed by atoms with Gasteiger partial charge in [-0.05, 0) is 50.3 Å². The maximum atomic E-state index is 13.4. The number of nitrogens with zero attached hydrogens (tertiary/aromatic N) is 2. The van der Waals surface area contributed by atoms with Gasteiger partial charge >= 0.3 is 0 Å². The Morgan fingerprint density at radius 1 is 1.12 bits per heavy atom. The van der Waals surface area contributed by atoms with Gasteiger partial charge in [-0.2, -0.15) is 0 Å². The molecule has 4 rings (SSSR count). The third kappa shape index (κ3) is 5.43. The summed E-state index contributed by atoms with van der Waals surface area (Å²) in [6, 6.07) is 7.14. The van der Waals surface area contributed by atoms with Crippen LogP contribution >= 0.6 is 15.9 Å². The molecule has 182 valence electrons. The van der Waals surface area contributed by atoms with E-state index in [1.54, 1.807) is 11.8 Å². The van der Waals surface area contributed by atoms with Crippen molar-refractivity contribution in [3.05, 3.63) is 46.5 Å². The molecule has 1 saturated carbocycles. The van der Waals surface area contributed by atoms with Crippen molar-refractivity contribution in [1.29, 1.82) is 0 Å². The zero-order chi connectivity index (χ0) is 24.2. The molecule has 8 heteroatoms. The van der Waals surface area contributed by atoms with E-state index in [4.69, 9.17) is 0 Å². The van der Waals surface area contributed by atoms with E-state index < -0.39 is 6.04 Å². The molecule has 2 aliphatic carbocycles. The molecule has 3 atom stereocenters. The Bertz CT molecular complexity index is 962. The highest BCUT2D eigenvalue weighted by molar-refractivity contribution is 9.10. The van der Waals surface area contributed by atoms with Crippen LogP contribution in [0.15, 0.2) is 40.9 Å². The van der Waals surface area contributed by atoms with Crippen molar-refractivity contribution in [1.82, 2.24) is 15.1 Å². The van der Waals surface area contributed by atoms with E-state index in [2.05, 4.69) is 21.2 Å². The van der Waals surface area contributed by atoms with Crippen molar-refractivity contribution in [2.24, 2.45) is 11.8 Å². The van der Waals surface area contributed by atoms with Crippen molar-refractivity contribution >= 4 is 39.6 Å². The summed E-state index contributed by atoms with van der Waals surface area (Å²) in [5.41, 5.74) is 0.897. The smallest absolute Gasteiger partial charge is 0.242 e. The van der Waals surface area contributed by atoms with Crippen LogP contribution in [0.25, 0.3) is 0 Å². The topological polar surface area (TPSA) is 86.8 Å². The summed E-state index contributed by atoms with van der Waals surface area (Å²) >= 11 is 3.46.